The van der Waals surface area contributed by atoms with E-state index in [1.165, 1.54) is 24.3 Å². The number of halogens is 1. The van der Waals surface area contributed by atoms with Crippen LogP contribution in [0.2, 0.25) is 0 Å². The topological polar surface area (TPSA) is 83.4 Å². The second-order valence-corrected chi connectivity index (χ2v) is 5.75. The summed E-state index contributed by atoms with van der Waals surface area (Å²) in [6, 6.07) is 15.8. The summed E-state index contributed by atoms with van der Waals surface area (Å²) in [6.07, 6.45) is 1.55. The summed E-state index contributed by atoms with van der Waals surface area (Å²) in [5.41, 5.74) is 1.72. The Balaban J connectivity index is 1.46. The van der Waals surface area contributed by atoms with Crippen molar-refractivity contribution in [2.24, 2.45) is 0 Å². The Morgan fingerprint density at radius 1 is 0.926 bits per heavy atom. The Bertz CT molecular complexity index is 891. The van der Waals surface area contributed by atoms with E-state index in [-0.39, 0.29) is 24.2 Å². The molecule has 0 radical (unpaired) electrons. The van der Waals surface area contributed by atoms with Crippen LogP contribution in [0.25, 0.3) is 0 Å². The van der Waals surface area contributed by atoms with E-state index in [4.69, 9.17) is 4.42 Å². The molecule has 7 heteroatoms. The van der Waals surface area contributed by atoms with Crippen LogP contribution in [0.3, 0.4) is 0 Å². The van der Waals surface area contributed by atoms with Crippen LogP contribution in [-0.2, 0) is 11.3 Å². The Hall–Kier alpha value is -3.61. The minimum absolute atomic E-state index is 0.0431. The van der Waals surface area contributed by atoms with Gasteiger partial charge in [0.25, 0.3) is 5.91 Å². The van der Waals surface area contributed by atoms with E-state index in [0.29, 0.717) is 29.2 Å². The maximum absolute atomic E-state index is 12.8. The van der Waals surface area contributed by atoms with Crippen LogP contribution in [0.4, 0.5) is 15.8 Å². The molecule has 0 bridgehead atoms. The van der Waals surface area contributed by atoms with Gasteiger partial charge < -0.3 is 20.4 Å². The molecule has 6 nitrogen and oxygen atoms in total. The summed E-state index contributed by atoms with van der Waals surface area (Å²) in [5.74, 6) is -0.165. The summed E-state index contributed by atoms with van der Waals surface area (Å²) in [5, 5.41) is 8.38. The summed E-state index contributed by atoms with van der Waals surface area (Å²) >= 11 is 0. The number of hydrogen-bond donors (Lipinski definition) is 3. The predicted molar refractivity (Wildman–Crippen MR) is 99.8 cm³/mol. The summed E-state index contributed by atoms with van der Waals surface area (Å²) in [4.78, 5) is 24.0. The van der Waals surface area contributed by atoms with Gasteiger partial charge in [0.1, 0.15) is 11.6 Å². The zero-order valence-electron chi connectivity index (χ0n) is 14.4. The van der Waals surface area contributed by atoms with Crippen LogP contribution in [0.15, 0.2) is 71.3 Å². The van der Waals surface area contributed by atoms with Gasteiger partial charge in [-0.05, 0) is 60.7 Å². The molecule has 0 spiro atoms. The number of nitrogens with one attached hydrogen (secondary N) is 3. The van der Waals surface area contributed by atoms with Gasteiger partial charge in [0, 0.05) is 16.9 Å². The number of hydrogen-bond acceptors (Lipinski definition) is 4. The molecular formula is C20H18FN3O3. The fourth-order valence-electron chi connectivity index (χ4n) is 2.34. The minimum Gasteiger partial charge on any atom is -0.467 e. The molecule has 2 amide bonds. The molecule has 1 heterocycles. The molecule has 3 aromatic rings. The van der Waals surface area contributed by atoms with Crippen LogP contribution in [0.5, 0.6) is 0 Å². The first-order valence-electron chi connectivity index (χ1n) is 8.30. The minimum atomic E-state index is -0.362. The molecule has 0 saturated heterocycles. The van der Waals surface area contributed by atoms with Gasteiger partial charge in [-0.2, -0.15) is 0 Å². The van der Waals surface area contributed by atoms with Crippen LogP contribution < -0.4 is 16.0 Å². The number of carbonyl (C=O) groups is 2. The second-order valence-electron chi connectivity index (χ2n) is 5.75. The lowest BCUT2D eigenvalue weighted by Gasteiger charge is -2.09. The van der Waals surface area contributed by atoms with Gasteiger partial charge in [0.2, 0.25) is 5.91 Å². The van der Waals surface area contributed by atoms with E-state index >= 15 is 0 Å². The van der Waals surface area contributed by atoms with E-state index in [0.717, 1.165) is 0 Å². The van der Waals surface area contributed by atoms with Crippen molar-refractivity contribution in [1.82, 2.24) is 5.32 Å². The molecule has 3 N–H and O–H groups in total. The van der Waals surface area contributed by atoms with Crippen LogP contribution in [0, 0.1) is 5.82 Å². The van der Waals surface area contributed by atoms with Crippen molar-refractivity contribution >= 4 is 23.2 Å². The highest BCUT2D eigenvalue weighted by Gasteiger charge is 2.07. The first-order valence-corrected chi connectivity index (χ1v) is 8.30. The van der Waals surface area contributed by atoms with Crippen molar-refractivity contribution in [2.75, 3.05) is 17.2 Å². The third-order valence-electron chi connectivity index (χ3n) is 3.73. The predicted octanol–water partition coefficient (Wildman–Crippen LogP) is 3.40. The molecule has 27 heavy (non-hydrogen) atoms. The van der Waals surface area contributed by atoms with Gasteiger partial charge in [-0.1, -0.05) is 0 Å². The largest absolute Gasteiger partial charge is 0.467 e. The maximum Gasteiger partial charge on any atom is 0.251 e. The van der Waals surface area contributed by atoms with E-state index in [1.54, 1.807) is 42.7 Å². The summed E-state index contributed by atoms with van der Waals surface area (Å²) in [7, 11) is 0. The molecule has 0 fully saturated rings. The normalized spacial score (nSPS) is 10.3. The lowest BCUT2D eigenvalue weighted by atomic mass is 10.2. The summed E-state index contributed by atoms with van der Waals surface area (Å²) in [6.45, 7) is 0.358. The zero-order valence-corrected chi connectivity index (χ0v) is 14.4. The molecular weight excluding hydrogens is 349 g/mol. The number of carbonyl (C=O) groups excluding carboxylic acids is 2. The fraction of sp³-hybridized carbons (Fsp3) is 0.100. The number of amides is 2. The van der Waals surface area contributed by atoms with Gasteiger partial charge in [-0.25, -0.2) is 4.39 Å². The average molecular weight is 367 g/mol. The highest BCUT2D eigenvalue weighted by Crippen LogP contribution is 2.11. The van der Waals surface area contributed by atoms with E-state index in [9.17, 15) is 14.0 Å². The van der Waals surface area contributed by atoms with Gasteiger partial charge in [-0.15, -0.1) is 0 Å². The standard InChI is InChI=1S/C20H18FN3O3/c21-15-5-9-17(10-6-15)24-19(25)13-22-16-7-3-14(4-8-16)20(26)23-12-18-2-1-11-27-18/h1-11,22H,12-13H2,(H,23,26)(H,24,25). The number of benzene rings is 2. The number of furan rings is 1. The quantitative estimate of drug-likeness (QED) is 0.598. The Morgan fingerprint density at radius 2 is 1.63 bits per heavy atom. The molecule has 0 unspecified atom stereocenters. The van der Waals surface area contributed by atoms with Crippen molar-refractivity contribution in [2.45, 2.75) is 6.54 Å². The molecule has 3 rings (SSSR count). The molecule has 2 aromatic carbocycles. The van der Waals surface area contributed by atoms with Crippen LogP contribution in [0.1, 0.15) is 16.1 Å². The van der Waals surface area contributed by atoms with Gasteiger partial charge >= 0.3 is 0 Å². The smallest absolute Gasteiger partial charge is 0.251 e. The first kappa shape index (κ1) is 18.2. The van der Waals surface area contributed by atoms with Crippen molar-refractivity contribution in [3.8, 4) is 0 Å². The molecule has 138 valence electrons. The van der Waals surface area contributed by atoms with Crippen molar-refractivity contribution in [1.29, 1.82) is 0 Å². The van der Waals surface area contributed by atoms with E-state index in [1.807, 2.05) is 0 Å². The van der Waals surface area contributed by atoms with Gasteiger partial charge in [0.05, 0.1) is 19.4 Å². The van der Waals surface area contributed by atoms with E-state index in [2.05, 4.69) is 16.0 Å². The van der Waals surface area contributed by atoms with Gasteiger partial charge in [0.15, 0.2) is 0 Å². The average Bonchev–Trinajstić information content (AvgIpc) is 3.20. The molecule has 0 aliphatic carbocycles. The molecule has 1 aromatic heterocycles. The molecule has 0 saturated carbocycles. The lowest BCUT2D eigenvalue weighted by molar-refractivity contribution is -0.114. The molecule has 0 aliphatic rings. The number of anilines is 2. The maximum atomic E-state index is 12.8. The zero-order chi connectivity index (χ0) is 19.1. The first-order chi connectivity index (χ1) is 13.1. The Labute approximate surface area is 155 Å². The molecule has 0 atom stereocenters. The highest BCUT2D eigenvalue weighted by atomic mass is 19.1. The highest BCUT2D eigenvalue weighted by molar-refractivity contribution is 5.95. The van der Waals surface area contributed by atoms with Crippen molar-refractivity contribution in [3.63, 3.8) is 0 Å². The van der Waals surface area contributed by atoms with Gasteiger partial charge in [-0.3, -0.25) is 9.59 Å². The van der Waals surface area contributed by atoms with E-state index < -0.39 is 0 Å². The third-order valence-corrected chi connectivity index (χ3v) is 3.73. The SMILES string of the molecule is O=C(CNc1ccc(C(=O)NCc2ccco2)cc1)Nc1ccc(F)cc1. The van der Waals surface area contributed by atoms with Crippen molar-refractivity contribution in [3.05, 3.63) is 84.1 Å². The summed E-state index contributed by atoms with van der Waals surface area (Å²) < 4.78 is 18.0. The third kappa shape index (κ3) is 5.43. The molecule has 0 aliphatic heterocycles. The lowest BCUT2D eigenvalue weighted by Crippen LogP contribution is -2.23. The monoisotopic (exact) mass is 367 g/mol. The van der Waals surface area contributed by atoms with Crippen LogP contribution >= 0.6 is 0 Å². The van der Waals surface area contributed by atoms with Crippen molar-refractivity contribution < 1.29 is 18.4 Å². The Morgan fingerprint density at radius 3 is 2.30 bits per heavy atom. The second kappa shape index (κ2) is 8.66. The number of rotatable bonds is 7. The Kier molecular flexibility index (Phi) is 5.84. The van der Waals surface area contributed by atoms with Crippen LogP contribution in [-0.4, -0.2) is 18.4 Å². The fourth-order valence-corrected chi connectivity index (χ4v) is 2.34.